The van der Waals surface area contributed by atoms with Crippen LogP contribution in [0.3, 0.4) is 0 Å². The molecule has 2 N–H and O–H groups in total. The second-order valence-corrected chi connectivity index (χ2v) is 4.78. The average molecular weight is 275 g/mol. The van der Waals surface area contributed by atoms with Crippen molar-refractivity contribution in [3.05, 3.63) is 40.3 Å². The van der Waals surface area contributed by atoms with Gasteiger partial charge in [0.15, 0.2) is 0 Å². The lowest BCUT2D eigenvalue weighted by atomic mass is 10.0. The van der Waals surface area contributed by atoms with Crippen molar-refractivity contribution < 1.29 is 4.79 Å². The number of azide groups is 1. The summed E-state index contributed by atoms with van der Waals surface area (Å²) in [5, 5.41) is 9.48. The van der Waals surface area contributed by atoms with Crippen molar-refractivity contribution >= 4 is 11.6 Å². The molecule has 6 heteroatoms. The SMILES string of the molecule is CNCC[C@@H](C)CCNC(=O)c1ccc(N=[N+]=[N-])cc1. The highest BCUT2D eigenvalue weighted by Gasteiger charge is 2.06. The number of carbonyl (C=O) groups is 1. The number of rotatable bonds is 8. The lowest BCUT2D eigenvalue weighted by molar-refractivity contribution is 0.0951. The molecule has 1 rings (SSSR count). The zero-order valence-electron chi connectivity index (χ0n) is 12.0. The van der Waals surface area contributed by atoms with E-state index >= 15 is 0 Å². The van der Waals surface area contributed by atoms with E-state index in [0.29, 0.717) is 23.7 Å². The van der Waals surface area contributed by atoms with E-state index in [2.05, 4.69) is 27.6 Å². The van der Waals surface area contributed by atoms with Crippen LogP contribution in [-0.2, 0) is 0 Å². The summed E-state index contributed by atoms with van der Waals surface area (Å²) in [6.07, 6.45) is 2.07. The fourth-order valence-electron chi connectivity index (χ4n) is 1.80. The predicted molar refractivity (Wildman–Crippen MR) is 79.9 cm³/mol. The van der Waals surface area contributed by atoms with Gasteiger partial charge in [0.1, 0.15) is 0 Å². The van der Waals surface area contributed by atoms with Crippen LogP contribution in [0.25, 0.3) is 10.4 Å². The minimum Gasteiger partial charge on any atom is -0.352 e. The molecular formula is C14H21N5O. The van der Waals surface area contributed by atoms with E-state index in [9.17, 15) is 4.79 Å². The number of hydrogen-bond donors (Lipinski definition) is 2. The molecule has 108 valence electrons. The van der Waals surface area contributed by atoms with E-state index in [0.717, 1.165) is 19.4 Å². The lowest BCUT2D eigenvalue weighted by Crippen LogP contribution is -2.26. The second-order valence-electron chi connectivity index (χ2n) is 4.78. The van der Waals surface area contributed by atoms with Crippen LogP contribution >= 0.6 is 0 Å². The Kier molecular flexibility index (Phi) is 7.17. The van der Waals surface area contributed by atoms with Gasteiger partial charge in [-0.3, -0.25) is 4.79 Å². The molecule has 6 nitrogen and oxygen atoms in total. The van der Waals surface area contributed by atoms with E-state index in [4.69, 9.17) is 5.53 Å². The zero-order valence-corrected chi connectivity index (χ0v) is 12.0. The Hall–Kier alpha value is -2.04. The van der Waals surface area contributed by atoms with Crippen molar-refractivity contribution in [1.82, 2.24) is 10.6 Å². The van der Waals surface area contributed by atoms with E-state index in [1.807, 2.05) is 7.05 Å². The van der Waals surface area contributed by atoms with Crippen LogP contribution in [0, 0.1) is 5.92 Å². The summed E-state index contributed by atoms with van der Waals surface area (Å²) in [5.74, 6) is 0.480. The van der Waals surface area contributed by atoms with E-state index in [1.165, 1.54) is 0 Å². The Balaban J connectivity index is 2.37. The Labute approximate surface area is 119 Å². The van der Waals surface area contributed by atoms with Crippen LogP contribution < -0.4 is 10.6 Å². The Morgan fingerprint density at radius 2 is 1.95 bits per heavy atom. The van der Waals surface area contributed by atoms with Crippen LogP contribution in [0.1, 0.15) is 30.1 Å². The quantitative estimate of drug-likeness (QED) is 0.434. The van der Waals surface area contributed by atoms with Gasteiger partial charge in [-0.15, -0.1) is 0 Å². The van der Waals surface area contributed by atoms with Crippen molar-refractivity contribution in [1.29, 1.82) is 0 Å². The monoisotopic (exact) mass is 275 g/mol. The molecule has 0 saturated carbocycles. The molecule has 0 fully saturated rings. The first-order chi connectivity index (χ1) is 9.67. The number of carbonyl (C=O) groups excluding carboxylic acids is 1. The first kappa shape index (κ1) is 16.0. The zero-order chi connectivity index (χ0) is 14.8. The molecule has 1 aromatic rings. The average Bonchev–Trinajstić information content (AvgIpc) is 2.46. The van der Waals surface area contributed by atoms with Crippen molar-refractivity contribution in [2.45, 2.75) is 19.8 Å². The van der Waals surface area contributed by atoms with Gasteiger partial charge in [0.05, 0.1) is 0 Å². The third kappa shape index (κ3) is 5.73. The van der Waals surface area contributed by atoms with Crippen molar-refractivity contribution in [3.63, 3.8) is 0 Å². The second kappa shape index (κ2) is 8.96. The van der Waals surface area contributed by atoms with Crippen molar-refractivity contribution in [3.8, 4) is 0 Å². The first-order valence-electron chi connectivity index (χ1n) is 6.75. The highest BCUT2D eigenvalue weighted by Crippen LogP contribution is 2.13. The van der Waals surface area contributed by atoms with Gasteiger partial charge in [-0.1, -0.05) is 24.2 Å². The van der Waals surface area contributed by atoms with Crippen LogP contribution in [0.4, 0.5) is 5.69 Å². The Bertz CT molecular complexity index is 465. The molecule has 0 radical (unpaired) electrons. The Morgan fingerprint density at radius 1 is 1.30 bits per heavy atom. The molecule has 1 amide bonds. The van der Waals surface area contributed by atoms with E-state index in [-0.39, 0.29) is 5.91 Å². The fraction of sp³-hybridized carbons (Fsp3) is 0.500. The molecule has 0 aliphatic carbocycles. The minimum absolute atomic E-state index is 0.0988. The Morgan fingerprint density at radius 3 is 2.55 bits per heavy atom. The first-order valence-corrected chi connectivity index (χ1v) is 6.75. The summed E-state index contributed by atoms with van der Waals surface area (Å²) in [6.45, 7) is 3.84. The number of benzene rings is 1. The van der Waals surface area contributed by atoms with Gasteiger partial charge in [0.2, 0.25) is 0 Å². The maximum atomic E-state index is 11.9. The van der Waals surface area contributed by atoms with Gasteiger partial charge in [0, 0.05) is 22.7 Å². The number of hydrogen-bond acceptors (Lipinski definition) is 3. The molecule has 0 unspecified atom stereocenters. The molecule has 20 heavy (non-hydrogen) atoms. The van der Waals surface area contributed by atoms with Crippen LogP contribution in [-0.4, -0.2) is 26.0 Å². The fourth-order valence-corrected chi connectivity index (χ4v) is 1.80. The van der Waals surface area contributed by atoms with E-state index < -0.39 is 0 Å². The summed E-state index contributed by atoms with van der Waals surface area (Å²) in [7, 11) is 1.94. The molecule has 0 spiro atoms. The lowest BCUT2D eigenvalue weighted by Gasteiger charge is -2.11. The maximum absolute atomic E-state index is 11.9. The van der Waals surface area contributed by atoms with Crippen molar-refractivity contribution in [2.75, 3.05) is 20.1 Å². The van der Waals surface area contributed by atoms with Crippen LogP contribution in [0.15, 0.2) is 29.4 Å². The molecule has 0 bridgehead atoms. The summed E-state index contributed by atoms with van der Waals surface area (Å²) in [6, 6.07) is 6.57. The third-order valence-electron chi connectivity index (χ3n) is 3.10. The van der Waals surface area contributed by atoms with Gasteiger partial charge in [-0.2, -0.15) is 0 Å². The topological polar surface area (TPSA) is 89.9 Å². The van der Waals surface area contributed by atoms with Gasteiger partial charge < -0.3 is 10.6 Å². The summed E-state index contributed by atoms with van der Waals surface area (Å²) in [5.41, 5.74) is 9.38. The molecular weight excluding hydrogens is 254 g/mol. The number of nitrogens with zero attached hydrogens (tertiary/aromatic N) is 3. The smallest absolute Gasteiger partial charge is 0.251 e. The highest BCUT2D eigenvalue weighted by atomic mass is 16.1. The van der Waals surface area contributed by atoms with Crippen LogP contribution in [0.5, 0.6) is 0 Å². The molecule has 0 heterocycles. The molecule has 1 aromatic carbocycles. The van der Waals surface area contributed by atoms with Crippen molar-refractivity contribution in [2.24, 2.45) is 11.0 Å². The van der Waals surface area contributed by atoms with Gasteiger partial charge in [-0.05, 0) is 50.0 Å². The third-order valence-corrected chi connectivity index (χ3v) is 3.10. The molecule has 0 aromatic heterocycles. The highest BCUT2D eigenvalue weighted by molar-refractivity contribution is 5.94. The summed E-state index contributed by atoms with van der Waals surface area (Å²) >= 11 is 0. The normalized spacial score (nSPS) is 11.5. The molecule has 0 aliphatic heterocycles. The minimum atomic E-state index is -0.0988. The number of nitrogens with one attached hydrogen (secondary N) is 2. The largest absolute Gasteiger partial charge is 0.352 e. The summed E-state index contributed by atoms with van der Waals surface area (Å²) in [4.78, 5) is 14.6. The maximum Gasteiger partial charge on any atom is 0.251 e. The standard InChI is InChI=1S/C14H21N5O/c1-11(7-9-16-2)8-10-17-14(20)12-3-5-13(6-4-12)18-19-15/h3-6,11,16H,7-10H2,1-2H3,(H,17,20)/t11-/m1/s1. The van der Waals surface area contributed by atoms with Gasteiger partial charge in [-0.25, -0.2) is 0 Å². The van der Waals surface area contributed by atoms with Crippen LogP contribution in [0.2, 0.25) is 0 Å². The van der Waals surface area contributed by atoms with Gasteiger partial charge in [0.25, 0.3) is 5.91 Å². The predicted octanol–water partition coefficient (Wildman–Crippen LogP) is 2.99. The molecule has 1 atom stereocenters. The number of amides is 1. The van der Waals surface area contributed by atoms with E-state index in [1.54, 1.807) is 24.3 Å². The summed E-state index contributed by atoms with van der Waals surface area (Å²) < 4.78 is 0. The molecule has 0 saturated heterocycles. The molecule has 0 aliphatic rings. The van der Waals surface area contributed by atoms with Gasteiger partial charge >= 0.3 is 0 Å².